The third kappa shape index (κ3) is 4.26. The Morgan fingerprint density at radius 2 is 2.07 bits per heavy atom. The van der Waals surface area contributed by atoms with Crippen LogP contribution in [0.25, 0.3) is 0 Å². The molecular formula is C20H20N2O6. The van der Waals surface area contributed by atoms with Gasteiger partial charge in [0.05, 0.1) is 17.6 Å². The molecule has 2 atom stereocenters. The molecule has 0 radical (unpaired) electrons. The van der Waals surface area contributed by atoms with Crippen LogP contribution in [0.15, 0.2) is 40.5 Å². The first-order valence-electron chi connectivity index (χ1n) is 8.50. The van der Waals surface area contributed by atoms with E-state index in [9.17, 15) is 19.7 Å². The minimum absolute atomic E-state index is 0.0133. The van der Waals surface area contributed by atoms with Gasteiger partial charge < -0.3 is 9.47 Å². The Bertz CT molecular complexity index is 910. The third-order valence-electron chi connectivity index (χ3n) is 4.42. The number of ether oxygens (including phenoxy) is 2. The van der Waals surface area contributed by atoms with E-state index in [1.54, 1.807) is 19.9 Å². The minimum Gasteiger partial charge on any atom is -0.468 e. The maximum Gasteiger partial charge on any atom is 0.336 e. The van der Waals surface area contributed by atoms with E-state index in [-0.39, 0.29) is 24.3 Å². The van der Waals surface area contributed by atoms with Crippen molar-refractivity contribution in [2.45, 2.75) is 26.2 Å². The molecule has 0 aliphatic carbocycles. The average molecular weight is 384 g/mol. The first kappa shape index (κ1) is 20.8. The lowest BCUT2D eigenvalue weighted by atomic mass is 9.75. The maximum absolute atomic E-state index is 12.7. The molecule has 1 aliphatic rings. The molecule has 146 valence electrons. The number of allylic oxidation sites excluding steroid dienone is 1. The summed E-state index contributed by atoms with van der Waals surface area (Å²) in [4.78, 5) is 40.2. The van der Waals surface area contributed by atoms with E-state index in [2.05, 4.69) is 10.9 Å². The zero-order valence-corrected chi connectivity index (χ0v) is 15.8. The van der Waals surface area contributed by atoms with E-state index in [1.165, 1.54) is 25.3 Å². The fourth-order valence-electron chi connectivity index (χ4n) is 3.21. The van der Waals surface area contributed by atoms with Gasteiger partial charge in [0.2, 0.25) is 0 Å². The highest BCUT2D eigenvalue weighted by Gasteiger charge is 2.42. The molecule has 0 aromatic heterocycles. The number of benzene rings is 1. The highest BCUT2D eigenvalue weighted by Crippen LogP contribution is 2.40. The molecule has 2 rings (SSSR count). The molecule has 0 fully saturated rings. The van der Waals surface area contributed by atoms with Crippen LogP contribution in [0.1, 0.15) is 31.7 Å². The standard InChI is InChI=1S/C20H20N2O6/c1-5-6-10-28-20(24)17-13(3)21-12(2)16(19(23)27-4)18(17)14-8-7-9-15(11-14)22(25)26/h1,7-9,11,16,18H,6,10H2,2-4H3. The Hall–Kier alpha value is -3.47. The number of methoxy groups -OCH3 is 1. The number of non-ortho nitro benzene ring substituents is 1. The number of nitro groups is 1. The van der Waals surface area contributed by atoms with Crippen molar-refractivity contribution in [2.24, 2.45) is 10.9 Å². The molecule has 2 unspecified atom stereocenters. The monoisotopic (exact) mass is 384 g/mol. The van der Waals surface area contributed by atoms with Crippen LogP contribution in [0.2, 0.25) is 0 Å². The summed E-state index contributed by atoms with van der Waals surface area (Å²) in [5, 5.41) is 11.2. The van der Waals surface area contributed by atoms with Crippen LogP contribution in [0.5, 0.6) is 0 Å². The van der Waals surface area contributed by atoms with Gasteiger partial charge >= 0.3 is 11.9 Å². The van der Waals surface area contributed by atoms with Gasteiger partial charge in [0.15, 0.2) is 0 Å². The second-order valence-electron chi connectivity index (χ2n) is 6.17. The number of terminal acetylenes is 1. The number of nitro benzene ring substituents is 1. The molecule has 0 saturated heterocycles. The largest absolute Gasteiger partial charge is 0.468 e. The predicted octanol–water partition coefficient (Wildman–Crippen LogP) is 2.78. The fourth-order valence-corrected chi connectivity index (χ4v) is 3.21. The molecular weight excluding hydrogens is 364 g/mol. The van der Waals surface area contributed by atoms with E-state index < -0.39 is 28.7 Å². The van der Waals surface area contributed by atoms with Crippen molar-refractivity contribution in [1.82, 2.24) is 0 Å². The summed E-state index contributed by atoms with van der Waals surface area (Å²) in [6.07, 6.45) is 5.42. The SMILES string of the molecule is C#CCCOC(=O)C1=C(C)N=C(C)C(C(=O)OC)C1c1cccc([N+](=O)[O-])c1. The molecule has 0 saturated carbocycles. The highest BCUT2D eigenvalue weighted by molar-refractivity contribution is 6.07. The molecule has 1 aliphatic heterocycles. The van der Waals surface area contributed by atoms with Crippen LogP contribution >= 0.6 is 0 Å². The van der Waals surface area contributed by atoms with Crippen LogP contribution in [-0.2, 0) is 19.1 Å². The highest BCUT2D eigenvalue weighted by atomic mass is 16.6. The van der Waals surface area contributed by atoms with Crippen LogP contribution in [0, 0.1) is 28.4 Å². The van der Waals surface area contributed by atoms with Crippen molar-refractivity contribution in [2.75, 3.05) is 13.7 Å². The van der Waals surface area contributed by atoms with Crippen molar-refractivity contribution in [3.05, 3.63) is 51.2 Å². The Balaban J connectivity index is 2.61. The first-order chi connectivity index (χ1) is 13.3. The second-order valence-corrected chi connectivity index (χ2v) is 6.17. The lowest BCUT2D eigenvalue weighted by Crippen LogP contribution is -2.36. The normalized spacial score (nSPS) is 18.7. The van der Waals surface area contributed by atoms with Crippen molar-refractivity contribution >= 4 is 23.3 Å². The summed E-state index contributed by atoms with van der Waals surface area (Å²) < 4.78 is 10.1. The molecule has 1 aromatic rings. The Kier molecular flexibility index (Phi) is 6.66. The molecule has 0 bridgehead atoms. The Morgan fingerprint density at radius 1 is 1.36 bits per heavy atom. The summed E-state index contributed by atoms with van der Waals surface area (Å²) >= 11 is 0. The summed E-state index contributed by atoms with van der Waals surface area (Å²) in [5.41, 5.74) is 1.24. The number of nitrogens with zero attached hydrogens (tertiary/aromatic N) is 2. The van der Waals surface area contributed by atoms with Crippen molar-refractivity contribution in [3.8, 4) is 12.3 Å². The minimum atomic E-state index is -0.911. The number of aliphatic imine (C=N–C) groups is 1. The molecule has 1 heterocycles. The van der Waals surface area contributed by atoms with Crippen LogP contribution in [-0.4, -0.2) is 36.3 Å². The summed E-state index contributed by atoms with van der Waals surface area (Å²) in [6, 6.07) is 5.79. The molecule has 28 heavy (non-hydrogen) atoms. The van der Waals surface area contributed by atoms with Gasteiger partial charge in [-0.15, -0.1) is 12.3 Å². The van der Waals surface area contributed by atoms with E-state index in [0.717, 1.165) is 0 Å². The van der Waals surface area contributed by atoms with Gasteiger partial charge in [0.1, 0.15) is 12.5 Å². The van der Waals surface area contributed by atoms with Crippen LogP contribution in [0.4, 0.5) is 5.69 Å². The molecule has 1 aromatic carbocycles. The molecule has 0 N–H and O–H groups in total. The third-order valence-corrected chi connectivity index (χ3v) is 4.42. The topological polar surface area (TPSA) is 108 Å². The smallest absolute Gasteiger partial charge is 0.336 e. The van der Waals surface area contributed by atoms with Gasteiger partial charge in [0, 0.05) is 35.9 Å². The van der Waals surface area contributed by atoms with Crippen molar-refractivity contribution < 1.29 is 24.0 Å². The number of rotatable bonds is 6. The van der Waals surface area contributed by atoms with Gasteiger partial charge in [-0.05, 0) is 19.4 Å². The molecule has 0 spiro atoms. The van der Waals surface area contributed by atoms with Gasteiger partial charge in [-0.2, -0.15) is 0 Å². The summed E-state index contributed by atoms with van der Waals surface area (Å²) in [6.45, 7) is 3.29. The lowest BCUT2D eigenvalue weighted by molar-refractivity contribution is -0.384. The van der Waals surface area contributed by atoms with Crippen LogP contribution in [0.3, 0.4) is 0 Å². The van der Waals surface area contributed by atoms with Crippen LogP contribution < -0.4 is 0 Å². The molecule has 8 nitrogen and oxygen atoms in total. The Labute approximate surface area is 162 Å². The number of carbonyl (C=O) groups is 2. The van der Waals surface area contributed by atoms with E-state index in [1.807, 2.05) is 0 Å². The van der Waals surface area contributed by atoms with Gasteiger partial charge in [0.25, 0.3) is 5.69 Å². The lowest BCUT2D eigenvalue weighted by Gasteiger charge is -2.31. The number of esters is 2. The predicted molar refractivity (Wildman–Crippen MR) is 102 cm³/mol. The summed E-state index contributed by atoms with van der Waals surface area (Å²) in [5.74, 6) is -0.638. The zero-order valence-electron chi connectivity index (χ0n) is 15.8. The van der Waals surface area contributed by atoms with Gasteiger partial charge in [-0.3, -0.25) is 19.9 Å². The second kappa shape index (κ2) is 8.95. The van der Waals surface area contributed by atoms with Crippen molar-refractivity contribution in [3.63, 3.8) is 0 Å². The number of hydrogen-bond acceptors (Lipinski definition) is 7. The maximum atomic E-state index is 12.7. The molecule has 8 heteroatoms. The van der Waals surface area contributed by atoms with Crippen molar-refractivity contribution in [1.29, 1.82) is 0 Å². The quantitative estimate of drug-likeness (QED) is 0.245. The summed E-state index contributed by atoms with van der Waals surface area (Å²) in [7, 11) is 1.23. The first-order valence-corrected chi connectivity index (χ1v) is 8.50. The number of carbonyl (C=O) groups excluding carboxylic acids is 2. The Morgan fingerprint density at radius 3 is 2.68 bits per heavy atom. The van der Waals surface area contributed by atoms with E-state index >= 15 is 0 Å². The molecule has 0 amide bonds. The van der Waals surface area contributed by atoms with Gasteiger partial charge in [-0.1, -0.05) is 12.1 Å². The number of hydrogen-bond donors (Lipinski definition) is 0. The van der Waals surface area contributed by atoms with Gasteiger partial charge in [-0.25, -0.2) is 4.79 Å². The van der Waals surface area contributed by atoms with E-state index in [4.69, 9.17) is 15.9 Å². The average Bonchev–Trinajstić information content (AvgIpc) is 2.67. The van der Waals surface area contributed by atoms with E-state index in [0.29, 0.717) is 17.0 Å². The zero-order chi connectivity index (χ0) is 20.8. The fraction of sp³-hybridized carbons (Fsp3) is 0.350.